The molecule has 26 heavy (non-hydrogen) atoms. The number of fused-ring (bicyclic) bond motifs is 1. The largest absolute Gasteiger partial charge is 0.497 e. The number of ether oxygens (including phenoxy) is 1. The first kappa shape index (κ1) is 16.7. The van der Waals surface area contributed by atoms with Gasteiger partial charge in [-0.1, -0.05) is 36.0 Å². The molecule has 1 fully saturated rings. The maximum Gasteiger partial charge on any atom is 0.286 e. The first-order chi connectivity index (χ1) is 12.6. The van der Waals surface area contributed by atoms with Crippen molar-refractivity contribution in [1.29, 1.82) is 0 Å². The fourth-order valence-electron chi connectivity index (χ4n) is 3.30. The van der Waals surface area contributed by atoms with Crippen LogP contribution in [0.25, 0.3) is 10.9 Å². The molecule has 0 radical (unpaired) electrons. The summed E-state index contributed by atoms with van der Waals surface area (Å²) in [7, 11) is 1.67. The number of carbonyl (C=O) groups is 2. The van der Waals surface area contributed by atoms with Crippen LogP contribution in [0.15, 0.2) is 54.7 Å². The van der Waals surface area contributed by atoms with Crippen LogP contribution in [0.3, 0.4) is 0 Å². The lowest BCUT2D eigenvalue weighted by atomic mass is 10.0. The highest BCUT2D eigenvalue weighted by Gasteiger charge is 2.31. The van der Waals surface area contributed by atoms with Crippen LogP contribution >= 0.6 is 11.8 Å². The van der Waals surface area contributed by atoms with E-state index >= 15 is 0 Å². The maximum atomic E-state index is 11.9. The molecule has 1 aliphatic rings. The Morgan fingerprint density at radius 1 is 1.15 bits per heavy atom. The monoisotopic (exact) mass is 366 g/mol. The minimum atomic E-state index is -0.352. The molecule has 0 spiro atoms. The van der Waals surface area contributed by atoms with Gasteiger partial charge in [0, 0.05) is 23.6 Å². The Labute approximate surface area is 155 Å². The van der Waals surface area contributed by atoms with Crippen LogP contribution in [0.4, 0.5) is 4.79 Å². The number of amides is 2. The number of rotatable bonds is 5. The van der Waals surface area contributed by atoms with Crippen molar-refractivity contribution in [2.75, 3.05) is 7.11 Å². The van der Waals surface area contributed by atoms with Crippen molar-refractivity contribution in [1.82, 2.24) is 9.88 Å². The molecule has 1 unspecified atom stereocenters. The standard InChI is InChI=1S/C20H18N2O3S/c1-25-15-6-2-4-13(10-15)12-22-9-8-16-14(5-3-7-17(16)22)11-18-19(23)21-20(24)26-18/h2-10,18H,11-12H2,1H3,(H,21,23,24). The van der Waals surface area contributed by atoms with Crippen molar-refractivity contribution < 1.29 is 14.3 Å². The molecule has 132 valence electrons. The van der Waals surface area contributed by atoms with Gasteiger partial charge in [-0.15, -0.1) is 0 Å². The van der Waals surface area contributed by atoms with Gasteiger partial charge in [-0.3, -0.25) is 14.9 Å². The molecular formula is C20H18N2O3S. The summed E-state index contributed by atoms with van der Waals surface area (Å²) in [4.78, 5) is 23.3. The van der Waals surface area contributed by atoms with E-state index in [0.29, 0.717) is 6.42 Å². The van der Waals surface area contributed by atoms with Crippen LogP contribution in [-0.2, 0) is 17.8 Å². The molecule has 1 saturated heterocycles. The Balaban J connectivity index is 1.62. The summed E-state index contributed by atoms with van der Waals surface area (Å²) in [6, 6.07) is 16.2. The van der Waals surface area contributed by atoms with Crippen LogP contribution < -0.4 is 10.1 Å². The average molecular weight is 366 g/mol. The zero-order valence-corrected chi connectivity index (χ0v) is 15.1. The van der Waals surface area contributed by atoms with Crippen LogP contribution in [-0.4, -0.2) is 28.1 Å². The predicted molar refractivity (Wildman–Crippen MR) is 103 cm³/mol. The second kappa shape index (κ2) is 6.88. The lowest BCUT2D eigenvalue weighted by Gasteiger charge is -2.10. The molecule has 4 rings (SSSR count). The van der Waals surface area contributed by atoms with E-state index in [1.807, 2.05) is 30.3 Å². The van der Waals surface area contributed by atoms with Crippen LogP contribution in [0.2, 0.25) is 0 Å². The molecular weight excluding hydrogens is 348 g/mol. The molecule has 6 heteroatoms. The highest BCUT2D eigenvalue weighted by atomic mass is 32.2. The first-order valence-corrected chi connectivity index (χ1v) is 9.23. The quantitative estimate of drug-likeness (QED) is 0.750. The normalized spacial score (nSPS) is 16.9. The Kier molecular flexibility index (Phi) is 4.42. The van der Waals surface area contributed by atoms with E-state index in [4.69, 9.17) is 4.74 Å². The fourth-order valence-corrected chi connectivity index (χ4v) is 4.14. The van der Waals surface area contributed by atoms with Crippen molar-refractivity contribution >= 4 is 33.8 Å². The second-order valence-corrected chi connectivity index (χ2v) is 7.41. The number of aromatic nitrogens is 1. The van der Waals surface area contributed by atoms with Crippen molar-refractivity contribution in [3.8, 4) is 5.75 Å². The lowest BCUT2D eigenvalue weighted by Crippen LogP contribution is -2.25. The third-order valence-electron chi connectivity index (χ3n) is 4.56. The van der Waals surface area contributed by atoms with E-state index in [1.165, 1.54) is 0 Å². The topological polar surface area (TPSA) is 60.3 Å². The van der Waals surface area contributed by atoms with Gasteiger partial charge in [-0.2, -0.15) is 0 Å². The Hall–Kier alpha value is -2.73. The van der Waals surface area contributed by atoms with Crippen LogP contribution in [0, 0.1) is 0 Å². The minimum absolute atomic E-state index is 0.201. The number of imide groups is 1. The molecule has 1 aliphatic heterocycles. The molecule has 0 bridgehead atoms. The van der Waals surface area contributed by atoms with Crippen molar-refractivity contribution in [2.45, 2.75) is 18.2 Å². The predicted octanol–water partition coefficient (Wildman–Crippen LogP) is 3.59. The summed E-state index contributed by atoms with van der Waals surface area (Å²) in [5.74, 6) is 0.640. The molecule has 0 aliphatic carbocycles. The molecule has 1 atom stereocenters. The minimum Gasteiger partial charge on any atom is -0.497 e. The van der Waals surface area contributed by atoms with E-state index < -0.39 is 0 Å². The van der Waals surface area contributed by atoms with E-state index in [2.05, 4.69) is 34.3 Å². The number of thioether (sulfide) groups is 1. The van der Waals surface area contributed by atoms with E-state index in [0.717, 1.165) is 46.1 Å². The molecule has 1 aromatic heterocycles. The first-order valence-electron chi connectivity index (χ1n) is 8.35. The Morgan fingerprint density at radius 3 is 2.77 bits per heavy atom. The van der Waals surface area contributed by atoms with E-state index in [1.54, 1.807) is 7.11 Å². The van der Waals surface area contributed by atoms with Crippen molar-refractivity contribution in [2.24, 2.45) is 0 Å². The van der Waals surface area contributed by atoms with Gasteiger partial charge in [0.15, 0.2) is 0 Å². The van der Waals surface area contributed by atoms with Crippen molar-refractivity contribution in [3.05, 3.63) is 65.9 Å². The molecule has 5 nitrogen and oxygen atoms in total. The van der Waals surface area contributed by atoms with Gasteiger partial charge in [-0.25, -0.2) is 0 Å². The summed E-state index contributed by atoms with van der Waals surface area (Å²) < 4.78 is 7.48. The number of hydrogen-bond acceptors (Lipinski definition) is 4. The van der Waals surface area contributed by atoms with Gasteiger partial charge in [-0.05, 0) is 41.8 Å². The summed E-state index contributed by atoms with van der Waals surface area (Å²) in [5, 5.41) is 2.85. The SMILES string of the molecule is COc1cccc(Cn2ccc3c(CC4SC(=O)NC4=O)cccc32)c1. The number of carbonyl (C=O) groups excluding carboxylic acids is 2. The summed E-state index contributed by atoms with van der Waals surface area (Å²) in [6.07, 6.45) is 2.60. The second-order valence-electron chi connectivity index (χ2n) is 6.23. The molecule has 3 aromatic rings. The van der Waals surface area contributed by atoms with E-state index in [9.17, 15) is 9.59 Å². The highest BCUT2D eigenvalue weighted by molar-refractivity contribution is 8.15. The smallest absolute Gasteiger partial charge is 0.286 e. The van der Waals surface area contributed by atoms with Crippen LogP contribution in [0.5, 0.6) is 5.75 Å². The third-order valence-corrected chi connectivity index (χ3v) is 5.54. The number of methoxy groups -OCH3 is 1. The number of nitrogens with zero attached hydrogens (tertiary/aromatic N) is 1. The average Bonchev–Trinajstić information content (AvgIpc) is 3.19. The highest BCUT2D eigenvalue weighted by Crippen LogP contribution is 2.28. The Bertz CT molecular complexity index is 996. The number of hydrogen-bond donors (Lipinski definition) is 1. The molecule has 0 saturated carbocycles. The maximum absolute atomic E-state index is 11.9. The molecule has 2 heterocycles. The van der Waals surface area contributed by atoms with Gasteiger partial charge in [0.2, 0.25) is 5.91 Å². The van der Waals surface area contributed by atoms with E-state index in [-0.39, 0.29) is 16.4 Å². The molecule has 1 N–H and O–H groups in total. The molecule has 2 amide bonds. The number of nitrogens with one attached hydrogen (secondary N) is 1. The summed E-state index contributed by atoms with van der Waals surface area (Å²) in [6.45, 7) is 0.737. The lowest BCUT2D eigenvalue weighted by molar-refractivity contribution is -0.118. The third kappa shape index (κ3) is 3.20. The van der Waals surface area contributed by atoms with Gasteiger partial charge in [0.05, 0.1) is 12.4 Å². The summed E-state index contributed by atoms with van der Waals surface area (Å²) in [5.41, 5.74) is 3.35. The van der Waals surface area contributed by atoms with Crippen LogP contribution in [0.1, 0.15) is 11.1 Å². The Morgan fingerprint density at radius 2 is 2.00 bits per heavy atom. The number of benzene rings is 2. The van der Waals surface area contributed by atoms with Gasteiger partial charge < -0.3 is 9.30 Å². The zero-order valence-electron chi connectivity index (χ0n) is 14.3. The zero-order chi connectivity index (χ0) is 18.1. The van der Waals surface area contributed by atoms with Crippen molar-refractivity contribution in [3.63, 3.8) is 0 Å². The van der Waals surface area contributed by atoms with Gasteiger partial charge in [0.25, 0.3) is 5.24 Å². The molecule has 2 aromatic carbocycles. The fraction of sp³-hybridized carbons (Fsp3) is 0.200. The summed E-state index contributed by atoms with van der Waals surface area (Å²) >= 11 is 1.07. The van der Waals surface area contributed by atoms with Gasteiger partial charge >= 0.3 is 0 Å². The van der Waals surface area contributed by atoms with Gasteiger partial charge in [0.1, 0.15) is 5.75 Å².